The molecule has 1 aliphatic rings. The maximum atomic E-state index is 13.1. The van der Waals surface area contributed by atoms with Crippen molar-refractivity contribution in [2.45, 2.75) is 19.4 Å². The Bertz CT molecular complexity index is 1070. The Hall–Kier alpha value is -3.46. The van der Waals surface area contributed by atoms with Crippen molar-refractivity contribution >= 4 is 11.6 Å². The predicted octanol–water partition coefficient (Wildman–Crippen LogP) is 3.74. The molecule has 0 aliphatic carbocycles. The quantitative estimate of drug-likeness (QED) is 0.599. The Morgan fingerprint density at radius 3 is 2.72 bits per heavy atom. The minimum Gasteiger partial charge on any atom is -0.493 e. The van der Waals surface area contributed by atoms with Gasteiger partial charge in [0.05, 0.1) is 26.7 Å². The number of amides is 1. The number of halogens is 1. The standard InChI is InChI=1S/C23H25FN4O4/c1-30-19-10-5-15(12-20(19)31-2)22-26-21(32-27-22)14-28-11-3-4-16(13-28)23(29)25-18-8-6-17(24)7-9-18/h5-10,12,16H,3-4,11,13-14H2,1-2H3,(H,25,29)/t16-/m0/s1. The van der Waals surface area contributed by atoms with Crippen molar-refractivity contribution in [3.05, 3.63) is 54.2 Å². The van der Waals surface area contributed by atoms with Gasteiger partial charge in [0.2, 0.25) is 17.6 Å². The van der Waals surface area contributed by atoms with Gasteiger partial charge in [0.25, 0.3) is 0 Å². The summed E-state index contributed by atoms with van der Waals surface area (Å²) < 4.78 is 29.1. The summed E-state index contributed by atoms with van der Waals surface area (Å²) in [6.07, 6.45) is 1.68. The van der Waals surface area contributed by atoms with Crippen LogP contribution in [0.3, 0.4) is 0 Å². The van der Waals surface area contributed by atoms with Gasteiger partial charge in [-0.15, -0.1) is 0 Å². The largest absolute Gasteiger partial charge is 0.493 e. The molecule has 0 radical (unpaired) electrons. The highest BCUT2D eigenvalue weighted by molar-refractivity contribution is 5.92. The van der Waals surface area contributed by atoms with E-state index in [4.69, 9.17) is 14.0 Å². The Labute approximate surface area is 185 Å². The van der Waals surface area contributed by atoms with Crippen LogP contribution in [0.25, 0.3) is 11.4 Å². The fourth-order valence-electron chi connectivity index (χ4n) is 3.79. The van der Waals surface area contributed by atoms with Crippen LogP contribution in [0.5, 0.6) is 11.5 Å². The number of piperidine rings is 1. The molecule has 3 aromatic rings. The molecular weight excluding hydrogens is 415 g/mol. The number of benzene rings is 2. The first-order valence-electron chi connectivity index (χ1n) is 10.4. The van der Waals surface area contributed by atoms with Crippen LogP contribution in [0.15, 0.2) is 47.0 Å². The lowest BCUT2D eigenvalue weighted by molar-refractivity contribution is -0.121. The fraction of sp³-hybridized carbons (Fsp3) is 0.348. The number of hydrogen-bond donors (Lipinski definition) is 1. The number of ether oxygens (including phenoxy) is 2. The summed E-state index contributed by atoms with van der Waals surface area (Å²) in [5.41, 5.74) is 1.35. The van der Waals surface area contributed by atoms with Crippen molar-refractivity contribution in [2.75, 3.05) is 32.6 Å². The van der Waals surface area contributed by atoms with Crippen molar-refractivity contribution in [2.24, 2.45) is 5.92 Å². The fourth-order valence-corrected chi connectivity index (χ4v) is 3.79. The number of rotatable bonds is 7. The zero-order chi connectivity index (χ0) is 22.5. The number of methoxy groups -OCH3 is 2. The van der Waals surface area contributed by atoms with Crippen molar-refractivity contribution in [3.8, 4) is 22.9 Å². The number of nitrogens with one attached hydrogen (secondary N) is 1. The molecule has 0 unspecified atom stereocenters. The Balaban J connectivity index is 1.38. The summed E-state index contributed by atoms with van der Waals surface area (Å²) in [5.74, 6) is 1.58. The molecule has 9 heteroatoms. The maximum absolute atomic E-state index is 13.1. The lowest BCUT2D eigenvalue weighted by atomic mass is 9.97. The average molecular weight is 440 g/mol. The summed E-state index contributed by atoms with van der Waals surface area (Å²) in [4.78, 5) is 19.3. The summed E-state index contributed by atoms with van der Waals surface area (Å²) in [5, 5.41) is 6.94. The lowest BCUT2D eigenvalue weighted by Gasteiger charge is -2.30. The first-order valence-corrected chi connectivity index (χ1v) is 10.4. The van der Waals surface area contributed by atoms with Gasteiger partial charge in [-0.05, 0) is 61.9 Å². The molecule has 1 N–H and O–H groups in total. The van der Waals surface area contributed by atoms with E-state index < -0.39 is 0 Å². The Kier molecular flexibility index (Phi) is 6.65. The normalized spacial score (nSPS) is 16.5. The molecule has 1 atom stereocenters. The average Bonchev–Trinajstić information content (AvgIpc) is 3.28. The smallest absolute Gasteiger partial charge is 0.241 e. The van der Waals surface area contributed by atoms with E-state index in [0.29, 0.717) is 42.0 Å². The summed E-state index contributed by atoms with van der Waals surface area (Å²) in [6, 6.07) is 11.2. The molecule has 168 valence electrons. The van der Waals surface area contributed by atoms with Crippen molar-refractivity contribution in [3.63, 3.8) is 0 Å². The van der Waals surface area contributed by atoms with Crippen LogP contribution in [0.1, 0.15) is 18.7 Å². The predicted molar refractivity (Wildman–Crippen MR) is 116 cm³/mol. The third-order valence-corrected chi connectivity index (χ3v) is 5.46. The molecule has 0 saturated carbocycles. The Morgan fingerprint density at radius 1 is 1.19 bits per heavy atom. The number of anilines is 1. The molecule has 1 fully saturated rings. The summed E-state index contributed by atoms with van der Waals surface area (Å²) >= 11 is 0. The van der Waals surface area contributed by atoms with Crippen LogP contribution < -0.4 is 14.8 Å². The second kappa shape index (κ2) is 9.78. The monoisotopic (exact) mass is 440 g/mol. The van der Waals surface area contributed by atoms with Gasteiger partial charge in [0, 0.05) is 17.8 Å². The molecule has 4 rings (SSSR count). The molecule has 32 heavy (non-hydrogen) atoms. The molecule has 1 amide bonds. The minimum absolute atomic E-state index is 0.0714. The van der Waals surface area contributed by atoms with Crippen LogP contribution >= 0.6 is 0 Å². The molecule has 1 aliphatic heterocycles. The highest BCUT2D eigenvalue weighted by atomic mass is 19.1. The number of aromatic nitrogens is 2. The van der Waals surface area contributed by atoms with E-state index in [0.717, 1.165) is 24.9 Å². The number of carbonyl (C=O) groups excluding carboxylic acids is 1. The zero-order valence-corrected chi connectivity index (χ0v) is 18.0. The van der Waals surface area contributed by atoms with Gasteiger partial charge in [-0.2, -0.15) is 4.98 Å². The van der Waals surface area contributed by atoms with Gasteiger partial charge in [0.15, 0.2) is 11.5 Å². The number of carbonyl (C=O) groups is 1. The number of likely N-dealkylation sites (tertiary alicyclic amines) is 1. The molecule has 0 bridgehead atoms. The van der Waals surface area contributed by atoms with Crippen LogP contribution in [-0.2, 0) is 11.3 Å². The molecule has 1 aromatic heterocycles. The van der Waals surface area contributed by atoms with E-state index in [1.807, 2.05) is 6.07 Å². The lowest BCUT2D eigenvalue weighted by Crippen LogP contribution is -2.40. The second-order valence-electron chi connectivity index (χ2n) is 7.65. The molecule has 2 heterocycles. The van der Waals surface area contributed by atoms with Crippen LogP contribution in [0.4, 0.5) is 10.1 Å². The molecule has 1 saturated heterocycles. The number of nitrogens with zero attached hydrogens (tertiary/aromatic N) is 3. The molecular formula is C23H25FN4O4. The molecule has 2 aromatic carbocycles. The molecule has 8 nitrogen and oxygen atoms in total. The van der Waals surface area contributed by atoms with Crippen molar-refractivity contribution < 1.29 is 23.2 Å². The minimum atomic E-state index is -0.334. The first kappa shape index (κ1) is 21.8. The van der Waals surface area contributed by atoms with Crippen LogP contribution in [0, 0.1) is 11.7 Å². The number of hydrogen-bond acceptors (Lipinski definition) is 7. The van der Waals surface area contributed by atoms with Crippen LogP contribution in [0.2, 0.25) is 0 Å². The van der Waals surface area contributed by atoms with E-state index in [1.165, 1.54) is 12.1 Å². The Morgan fingerprint density at radius 2 is 1.97 bits per heavy atom. The van der Waals surface area contributed by atoms with Gasteiger partial charge in [0.1, 0.15) is 5.82 Å². The third-order valence-electron chi connectivity index (χ3n) is 5.46. The van der Waals surface area contributed by atoms with Crippen molar-refractivity contribution in [1.29, 1.82) is 0 Å². The van der Waals surface area contributed by atoms with E-state index in [9.17, 15) is 9.18 Å². The van der Waals surface area contributed by atoms with E-state index in [-0.39, 0.29) is 17.6 Å². The van der Waals surface area contributed by atoms with E-state index >= 15 is 0 Å². The van der Waals surface area contributed by atoms with Gasteiger partial charge >= 0.3 is 0 Å². The summed E-state index contributed by atoms with van der Waals surface area (Å²) in [6.45, 7) is 1.89. The molecule has 0 spiro atoms. The van der Waals surface area contributed by atoms with Gasteiger partial charge in [-0.1, -0.05) is 5.16 Å². The van der Waals surface area contributed by atoms with Gasteiger partial charge in [-0.25, -0.2) is 4.39 Å². The van der Waals surface area contributed by atoms with E-state index in [2.05, 4.69) is 20.4 Å². The highest BCUT2D eigenvalue weighted by Gasteiger charge is 2.27. The first-order chi connectivity index (χ1) is 15.6. The van der Waals surface area contributed by atoms with Crippen LogP contribution in [-0.4, -0.2) is 48.3 Å². The zero-order valence-electron chi connectivity index (χ0n) is 18.0. The third kappa shape index (κ3) is 5.05. The topological polar surface area (TPSA) is 89.7 Å². The SMILES string of the molecule is COc1ccc(-c2noc(CN3CCC[C@H](C(=O)Nc4ccc(F)cc4)C3)n2)cc1OC. The highest BCUT2D eigenvalue weighted by Crippen LogP contribution is 2.31. The van der Waals surface area contributed by atoms with Crippen molar-refractivity contribution in [1.82, 2.24) is 15.0 Å². The van der Waals surface area contributed by atoms with Gasteiger partial charge in [-0.3, -0.25) is 9.69 Å². The second-order valence-corrected chi connectivity index (χ2v) is 7.65. The van der Waals surface area contributed by atoms with E-state index in [1.54, 1.807) is 38.5 Å². The van der Waals surface area contributed by atoms with Gasteiger partial charge < -0.3 is 19.3 Å². The maximum Gasteiger partial charge on any atom is 0.241 e. The summed E-state index contributed by atoms with van der Waals surface area (Å²) in [7, 11) is 3.15.